The minimum Gasteiger partial charge on any atom is -0.497 e. The van der Waals surface area contributed by atoms with Gasteiger partial charge in [-0.25, -0.2) is 13.2 Å². The molecule has 1 heterocycles. The molecule has 29 heavy (non-hydrogen) atoms. The Morgan fingerprint density at radius 3 is 2.17 bits per heavy atom. The standard InChI is InChI=1S/C20H20N4O4S/c1-28-18-6-2-17(3-7-18)24-29(26,27)19-8-4-16(5-9-19)23-20(25)22-14-15-10-12-21-13-11-15/h2-13,24H,14H2,1H3,(H2,22,23,25). The molecule has 0 aliphatic heterocycles. The highest BCUT2D eigenvalue weighted by Gasteiger charge is 2.14. The summed E-state index contributed by atoms with van der Waals surface area (Å²) in [5.41, 5.74) is 1.81. The van der Waals surface area contributed by atoms with E-state index in [1.807, 2.05) is 0 Å². The minimum atomic E-state index is -3.75. The first kappa shape index (κ1) is 20.2. The normalized spacial score (nSPS) is 10.8. The van der Waals surface area contributed by atoms with Gasteiger partial charge in [-0.05, 0) is 66.2 Å². The van der Waals surface area contributed by atoms with E-state index >= 15 is 0 Å². The van der Waals surface area contributed by atoms with Gasteiger partial charge in [0.2, 0.25) is 0 Å². The first-order valence-corrected chi connectivity index (χ1v) is 10.2. The molecule has 9 heteroatoms. The lowest BCUT2D eigenvalue weighted by molar-refractivity contribution is 0.251. The number of hydrogen-bond donors (Lipinski definition) is 3. The van der Waals surface area contributed by atoms with Gasteiger partial charge < -0.3 is 15.4 Å². The molecular formula is C20H20N4O4S. The minimum absolute atomic E-state index is 0.0797. The maximum Gasteiger partial charge on any atom is 0.319 e. The molecule has 3 N–H and O–H groups in total. The number of benzene rings is 2. The molecule has 0 radical (unpaired) electrons. The fourth-order valence-corrected chi connectivity index (χ4v) is 3.51. The number of aromatic nitrogens is 1. The van der Waals surface area contributed by atoms with E-state index in [0.717, 1.165) is 5.56 Å². The molecule has 0 aliphatic carbocycles. The molecule has 0 fully saturated rings. The van der Waals surface area contributed by atoms with Crippen LogP contribution in [0.15, 0.2) is 78.0 Å². The summed E-state index contributed by atoms with van der Waals surface area (Å²) < 4.78 is 32.6. The van der Waals surface area contributed by atoms with Crippen LogP contribution >= 0.6 is 0 Å². The van der Waals surface area contributed by atoms with E-state index in [1.165, 1.54) is 31.4 Å². The molecule has 0 atom stereocenters. The third-order valence-corrected chi connectivity index (χ3v) is 5.36. The summed E-state index contributed by atoms with van der Waals surface area (Å²) in [5.74, 6) is 0.630. The monoisotopic (exact) mass is 412 g/mol. The maximum atomic E-state index is 12.5. The second kappa shape index (κ2) is 9.07. The van der Waals surface area contributed by atoms with E-state index in [1.54, 1.807) is 48.8 Å². The van der Waals surface area contributed by atoms with Crippen molar-refractivity contribution < 1.29 is 17.9 Å². The highest BCUT2D eigenvalue weighted by atomic mass is 32.2. The third-order valence-electron chi connectivity index (χ3n) is 3.97. The number of rotatable bonds is 7. The molecule has 0 saturated carbocycles. The number of hydrogen-bond acceptors (Lipinski definition) is 5. The molecule has 0 spiro atoms. The zero-order valence-electron chi connectivity index (χ0n) is 15.6. The van der Waals surface area contributed by atoms with E-state index < -0.39 is 16.1 Å². The van der Waals surface area contributed by atoms with Gasteiger partial charge in [-0.15, -0.1) is 0 Å². The van der Waals surface area contributed by atoms with Crippen molar-refractivity contribution in [3.63, 3.8) is 0 Å². The molecular weight excluding hydrogens is 392 g/mol. The molecule has 0 unspecified atom stereocenters. The van der Waals surface area contributed by atoms with Crippen molar-refractivity contribution in [2.75, 3.05) is 17.1 Å². The van der Waals surface area contributed by atoms with Crippen molar-refractivity contribution in [1.82, 2.24) is 10.3 Å². The zero-order chi connectivity index (χ0) is 20.7. The van der Waals surface area contributed by atoms with Crippen molar-refractivity contribution in [2.45, 2.75) is 11.4 Å². The summed E-state index contributed by atoms with van der Waals surface area (Å²) in [4.78, 5) is 16.0. The van der Waals surface area contributed by atoms with Gasteiger partial charge in [-0.2, -0.15) is 0 Å². The highest BCUT2D eigenvalue weighted by molar-refractivity contribution is 7.92. The molecule has 0 aliphatic rings. The molecule has 0 bridgehead atoms. The summed E-state index contributed by atoms with van der Waals surface area (Å²) in [5, 5.41) is 5.37. The number of urea groups is 1. The van der Waals surface area contributed by atoms with Gasteiger partial charge in [0.1, 0.15) is 5.75 Å². The molecule has 3 rings (SSSR count). The van der Waals surface area contributed by atoms with Crippen molar-refractivity contribution >= 4 is 27.4 Å². The van der Waals surface area contributed by atoms with Crippen LogP contribution in [0.4, 0.5) is 16.2 Å². The number of amides is 2. The van der Waals surface area contributed by atoms with E-state index in [-0.39, 0.29) is 4.90 Å². The number of methoxy groups -OCH3 is 1. The number of carbonyl (C=O) groups is 1. The largest absolute Gasteiger partial charge is 0.497 e. The van der Waals surface area contributed by atoms with Gasteiger partial charge >= 0.3 is 6.03 Å². The number of sulfonamides is 1. The summed E-state index contributed by atoms with van der Waals surface area (Å²) >= 11 is 0. The Hall–Kier alpha value is -3.59. The first-order valence-electron chi connectivity index (χ1n) is 8.67. The second-order valence-corrected chi connectivity index (χ2v) is 7.70. The Morgan fingerprint density at radius 1 is 0.931 bits per heavy atom. The van der Waals surface area contributed by atoms with Crippen LogP contribution in [0.3, 0.4) is 0 Å². The summed E-state index contributed by atoms with van der Waals surface area (Å²) in [6.45, 7) is 0.354. The van der Waals surface area contributed by atoms with Crippen LogP contribution in [0.1, 0.15) is 5.56 Å². The van der Waals surface area contributed by atoms with Crippen LogP contribution in [0.5, 0.6) is 5.75 Å². The fourth-order valence-electron chi connectivity index (χ4n) is 2.45. The van der Waals surface area contributed by atoms with Gasteiger partial charge in [0.15, 0.2) is 0 Å². The predicted molar refractivity (Wildman–Crippen MR) is 110 cm³/mol. The molecule has 8 nitrogen and oxygen atoms in total. The van der Waals surface area contributed by atoms with Gasteiger partial charge in [0.25, 0.3) is 10.0 Å². The Morgan fingerprint density at radius 2 is 1.55 bits per heavy atom. The average molecular weight is 412 g/mol. The number of nitrogens with zero attached hydrogens (tertiary/aromatic N) is 1. The van der Waals surface area contributed by atoms with Crippen molar-refractivity contribution in [2.24, 2.45) is 0 Å². The quantitative estimate of drug-likeness (QED) is 0.552. The smallest absolute Gasteiger partial charge is 0.319 e. The van der Waals surface area contributed by atoms with E-state index in [4.69, 9.17) is 4.74 Å². The second-order valence-electron chi connectivity index (χ2n) is 6.02. The van der Waals surface area contributed by atoms with Gasteiger partial charge in [0, 0.05) is 30.3 Å². The van der Waals surface area contributed by atoms with Crippen molar-refractivity contribution in [1.29, 1.82) is 0 Å². The number of pyridine rings is 1. The third kappa shape index (κ3) is 5.69. The molecule has 150 valence electrons. The van der Waals surface area contributed by atoms with Crippen LogP contribution in [0.25, 0.3) is 0 Å². The lowest BCUT2D eigenvalue weighted by atomic mass is 10.3. The number of carbonyl (C=O) groups excluding carboxylic acids is 1. The fraction of sp³-hybridized carbons (Fsp3) is 0.100. The Balaban J connectivity index is 1.58. The van der Waals surface area contributed by atoms with E-state index in [0.29, 0.717) is 23.7 Å². The van der Waals surface area contributed by atoms with Gasteiger partial charge in [0.05, 0.1) is 12.0 Å². The van der Waals surface area contributed by atoms with Crippen LogP contribution in [0, 0.1) is 0 Å². The number of nitrogens with one attached hydrogen (secondary N) is 3. The molecule has 1 aromatic heterocycles. The van der Waals surface area contributed by atoms with Crippen LogP contribution in [-0.2, 0) is 16.6 Å². The van der Waals surface area contributed by atoms with Crippen LogP contribution in [0.2, 0.25) is 0 Å². The summed E-state index contributed by atoms with van der Waals surface area (Å²) in [6.07, 6.45) is 3.29. The van der Waals surface area contributed by atoms with Crippen molar-refractivity contribution in [3.05, 3.63) is 78.6 Å². The molecule has 2 aromatic carbocycles. The molecule has 3 aromatic rings. The topological polar surface area (TPSA) is 109 Å². The Kier molecular flexibility index (Phi) is 6.30. The Labute approximate surface area is 169 Å². The predicted octanol–water partition coefficient (Wildman–Crippen LogP) is 3.21. The zero-order valence-corrected chi connectivity index (χ0v) is 16.4. The average Bonchev–Trinajstić information content (AvgIpc) is 2.74. The number of ether oxygens (including phenoxy) is 1. The Bertz CT molecular complexity index is 1050. The molecule has 2 amide bonds. The van der Waals surface area contributed by atoms with Gasteiger partial charge in [-0.1, -0.05) is 0 Å². The highest BCUT2D eigenvalue weighted by Crippen LogP contribution is 2.20. The van der Waals surface area contributed by atoms with Gasteiger partial charge in [-0.3, -0.25) is 9.71 Å². The van der Waals surface area contributed by atoms with Crippen LogP contribution < -0.4 is 20.1 Å². The van der Waals surface area contributed by atoms with Crippen molar-refractivity contribution in [3.8, 4) is 5.75 Å². The first-order chi connectivity index (χ1) is 14.0. The summed E-state index contributed by atoms with van der Waals surface area (Å²) in [6, 6.07) is 15.6. The summed E-state index contributed by atoms with van der Waals surface area (Å²) in [7, 11) is -2.21. The number of anilines is 2. The SMILES string of the molecule is COc1ccc(NS(=O)(=O)c2ccc(NC(=O)NCc3ccncc3)cc2)cc1. The van der Waals surface area contributed by atoms with E-state index in [9.17, 15) is 13.2 Å². The lowest BCUT2D eigenvalue weighted by Gasteiger charge is -2.10. The maximum absolute atomic E-state index is 12.5. The van der Waals surface area contributed by atoms with E-state index in [2.05, 4.69) is 20.3 Å². The molecule has 0 saturated heterocycles. The lowest BCUT2D eigenvalue weighted by Crippen LogP contribution is -2.28. The van der Waals surface area contributed by atoms with Crippen LogP contribution in [-0.4, -0.2) is 26.5 Å².